The van der Waals surface area contributed by atoms with Crippen molar-refractivity contribution in [2.45, 2.75) is 26.5 Å². The van der Waals surface area contributed by atoms with E-state index >= 15 is 0 Å². The molecule has 0 aromatic heterocycles. The van der Waals surface area contributed by atoms with Gasteiger partial charge in [-0.1, -0.05) is 17.7 Å². The lowest BCUT2D eigenvalue weighted by atomic mass is 10.2. The van der Waals surface area contributed by atoms with Crippen LogP contribution in [0, 0.1) is 5.82 Å². The molecule has 2 aromatic carbocycles. The Balaban J connectivity index is 2.08. The van der Waals surface area contributed by atoms with E-state index in [-0.39, 0.29) is 11.1 Å². The maximum atomic E-state index is 13.1. The van der Waals surface area contributed by atoms with Crippen molar-refractivity contribution in [2.24, 2.45) is 0 Å². The minimum atomic E-state index is -0.427. The van der Waals surface area contributed by atoms with Crippen molar-refractivity contribution in [1.29, 1.82) is 0 Å². The summed E-state index contributed by atoms with van der Waals surface area (Å²) in [5.74, 6) is 0.972. The van der Waals surface area contributed by atoms with Crippen LogP contribution in [-0.2, 0) is 6.54 Å². The summed E-state index contributed by atoms with van der Waals surface area (Å²) in [5, 5.41) is 3.29. The summed E-state index contributed by atoms with van der Waals surface area (Å²) in [7, 11) is 1.61. The van der Waals surface area contributed by atoms with Gasteiger partial charge in [0.05, 0.1) is 18.2 Å². The fourth-order valence-electron chi connectivity index (χ4n) is 1.98. The zero-order valence-electron chi connectivity index (χ0n) is 12.8. The van der Waals surface area contributed by atoms with Gasteiger partial charge in [-0.2, -0.15) is 0 Å². The van der Waals surface area contributed by atoms with Crippen LogP contribution in [-0.4, -0.2) is 13.2 Å². The minimum absolute atomic E-state index is 0.0826. The van der Waals surface area contributed by atoms with Crippen molar-refractivity contribution in [2.75, 3.05) is 12.4 Å². The summed E-state index contributed by atoms with van der Waals surface area (Å²) in [6.45, 7) is 4.50. The second-order valence-corrected chi connectivity index (χ2v) is 5.54. The van der Waals surface area contributed by atoms with E-state index in [2.05, 4.69) is 5.32 Å². The van der Waals surface area contributed by atoms with Gasteiger partial charge in [0, 0.05) is 12.2 Å². The molecular weight excluding hydrogens is 305 g/mol. The zero-order valence-corrected chi connectivity index (χ0v) is 13.6. The van der Waals surface area contributed by atoms with E-state index in [1.54, 1.807) is 19.2 Å². The minimum Gasteiger partial charge on any atom is -0.493 e. The molecule has 0 radical (unpaired) electrons. The molecule has 0 heterocycles. The first-order chi connectivity index (χ1) is 10.5. The molecule has 0 saturated heterocycles. The summed E-state index contributed by atoms with van der Waals surface area (Å²) < 4.78 is 24.1. The van der Waals surface area contributed by atoms with Crippen LogP contribution in [0.4, 0.5) is 10.1 Å². The van der Waals surface area contributed by atoms with Gasteiger partial charge in [0.15, 0.2) is 11.5 Å². The molecule has 0 bridgehead atoms. The monoisotopic (exact) mass is 323 g/mol. The number of rotatable bonds is 6. The Morgan fingerprint density at radius 1 is 1.14 bits per heavy atom. The molecule has 2 aromatic rings. The van der Waals surface area contributed by atoms with Crippen molar-refractivity contribution < 1.29 is 13.9 Å². The van der Waals surface area contributed by atoms with Crippen LogP contribution in [0.25, 0.3) is 0 Å². The maximum Gasteiger partial charge on any atom is 0.161 e. The Kier molecular flexibility index (Phi) is 5.50. The molecule has 3 nitrogen and oxygen atoms in total. The number of nitrogens with one attached hydrogen (secondary N) is 1. The molecule has 0 amide bonds. The van der Waals surface area contributed by atoms with Crippen LogP contribution < -0.4 is 14.8 Å². The van der Waals surface area contributed by atoms with Crippen molar-refractivity contribution in [3.63, 3.8) is 0 Å². The number of hydrogen-bond donors (Lipinski definition) is 1. The van der Waals surface area contributed by atoms with Gasteiger partial charge in [-0.05, 0) is 49.7 Å². The van der Waals surface area contributed by atoms with Crippen LogP contribution in [0.2, 0.25) is 5.02 Å². The second kappa shape index (κ2) is 7.36. The van der Waals surface area contributed by atoms with Crippen LogP contribution in [0.15, 0.2) is 36.4 Å². The van der Waals surface area contributed by atoms with Crippen molar-refractivity contribution in [3.8, 4) is 11.5 Å². The van der Waals surface area contributed by atoms with E-state index in [0.717, 1.165) is 11.3 Å². The van der Waals surface area contributed by atoms with E-state index in [9.17, 15) is 4.39 Å². The number of methoxy groups -OCH3 is 1. The Labute approximate surface area is 135 Å². The van der Waals surface area contributed by atoms with Crippen molar-refractivity contribution >= 4 is 17.3 Å². The highest BCUT2D eigenvalue weighted by atomic mass is 35.5. The predicted molar refractivity (Wildman–Crippen MR) is 87.5 cm³/mol. The molecular formula is C17H19ClFNO2. The summed E-state index contributed by atoms with van der Waals surface area (Å²) >= 11 is 5.76. The van der Waals surface area contributed by atoms with Crippen LogP contribution in [0.3, 0.4) is 0 Å². The fraction of sp³-hybridized carbons (Fsp3) is 0.294. The third-order valence-electron chi connectivity index (χ3n) is 3.01. The average molecular weight is 324 g/mol. The molecule has 22 heavy (non-hydrogen) atoms. The molecule has 2 rings (SSSR count). The lowest BCUT2D eigenvalue weighted by molar-refractivity contribution is 0.230. The molecule has 0 aliphatic carbocycles. The SMILES string of the molecule is COc1cc(CNc2ccc(F)c(Cl)c2)ccc1OC(C)C. The van der Waals surface area contributed by atoms with Gasteiger partial charge in [0.1, 0.15) is 5.82 Å². The topological polar surface area (TPSA) is 30.5 Å². The molecule has 0 spiro atoms. The largest absolute Gasteiger partial charge is 0.493 e. The Hall–Kier alpha value is -1.94. The van der Waals surface area contributed by atoms with Crippen LogP contribution in [0.5, 0.6) is 11.5 Å². The Bertz CT molecular complexity index is 647. The highest BCUT2D eigenvalue weighted by Gasteiger charge is 2.08. The molecule has 0 saturated carbocycles. The fourth-order valence-corrected chi connectivity index (χ4v) is 2.16. The van der Waals surface area contributed by atoms with Gasteiger partial charge in [0.25, 0.3) is 0 Å². The van der Waals surface area contributed by atoms with Gasteiger partial charge in [-0.3, -0.25) is 0 Å². The van der Waals surface area contributed by atoms with E-state index < -0.39 is 5.82 Å². The average Bonchev–Trinajstić information content (AvgIpc) is 2.49. The van der Waals surface area contributed by atoms with Gasteiger partial charge < -0.3 is 14.8 Å². The first-order valence-corrected chi connectivity index (χ1v) is 7.40. The van der Waals surface area contributed by atoms with E-state index in [0.29, 0.717) is 18.0 Å². The highest BCUT2D eigenvalue weighted by molar-refractivity contribution is 6.31. The second-order valence-electron chi connectivity index (χ2n) is 5.13. The lowest BCUT2D eigenvalue weighted by Crippen LogP contribution is -2.07. The molecule has 5 heteroatoms. The van der Waals surface area contributed by atoms with Crippen LogP contribution in [0.1, 0.15) is 19.4 Å². The molecule has 0 atom stereocenters. The molecule has 0 fully saturated rings. The van der Waals surface area contributed by atoms with E-state index in [1.807, 2.05) is 32.0 Å². The number of halogens is 2. The standard InChI is InChI=1S/C17H19ClFNO2/c1-11(2)22-16-7-4-12(8-17(16)21-3)10-20-13-5-6-15(19)14(18)9-13/h4-9,11,20H,10H2,1-3H3. The molecule has 118 valence electrons. The molecule has 0 unspecified atom stereocenters. The quantitative estimate of drug-likeness (QED) is 0.821. The van der Waals surface area contributed by atoms with Crippen LogP contribution >= 0.6 is 11.6 Å². The molecule has 0 aliphatic rings. The zero-order chi connectivity index (χ0) is 16.1. The highest BCUT2D eigenvalue weighted by Crippen LogP contribution is 2.29. The van der Waals surface area contributed by atoms with Crippen molar-refractivity contribution in [1.82, 2.24) is 0 Å². The lowest BCUT2D eigenvalue weighted by Gasteiger charge is -2.15. The Morgan fingerprint density at radius 3 is 2.55 bits per heavy atom. The summed E-state index contributed by atoms with van der Waals surface area (Å²) in [4.78, 5) is 0. The summed E-state index contributed by atoms with van der Waals surface area (Å²) in [5.41, 5.74) is 1.78. The molecule has 1 N–H and O–H groups in total. The first kappa shape index (κ1) is 16.4. The number of ether oxygens (including phenoxy) is 2. The van der Waals surface area contributed by atoms with Crippen molar-refractivity contribution in [3.05, 3.63) is 52.8 Å². The normalized spacial score (nSPS) is 10.6. The number of benzene rings is 2. The third-order valence-corrected chi connectivity index (χ3v) is 3.30. The number of anilines is 1. The Morgan fingerprint density at radius 2 is 1.91 bits per heavy atom. The van der Waals surface area contributed by atoms with E-state index in [4.69, 9.17) is 21.1 Å². The van der Waals surface area contributed by atoms with Gasteiger partial charge in [-0.15, -0.1) is 0 Å². The molecule has 0 aliphatic heterocycles. The third kappa shape index (κ3) is 4.28. The van der Waals surface area contributed by atoms with Gasteiger partial charge in [0.2, 0.25) is 0 Å². The summed E-state index contributed by atoms with van der Waals surface area (Å²) in [6, 6.07) is 10.3. The smallest absolute Gasteiger partial charge is 0.161 e. The summed E-state index contributed by atoms with van der Waals surface area (Å²) in [6.07, 6.45) is 0.0826. The van der Waals surface area contributed by atoms with Gasteiger partial charge in [-0.25, -0.2) is 4.39 Å². The number of hydrogen-bond acceptors (Lipinski definition) is 3. The maximum absolute atomic E-state index is 13.1. The van der Waals surface area contributed by atoms with E-state index in [1.165, 1.54) is 6.07 Å². The van der Waals surface area contributed by atoms with Gasteiger partial charge >= 0.3 is 0 Å². The first-order valence-electron chi connectivity index (χ1n) is 7.02. The predicted octanol–water partition coefficient (Wildman–Crippen LogP) is 4.89.